The van der Waals surface area contributed by atoms with Crippen LogP contribution in [0, 0.1) is 0 Å². The minimum atomic E-state index is -1.09. The third kappa shape index (κ3) is 3.10. The van der Waals surface area contributed by atoms with Crippen LogP contribution < -0.4 is 9.64 Å². The van der Waals surface area contributed by atoms with Gasteiger partial charge in [0.25, 0.3) is 6.01 Å². The highest BCUT2D eigenvalue weighted by Gasteiger charge is 2.24. The van der Waals surface area contributed by atoms with Crippen molar-refractivity contribution in [3.05, 3.63) is 30.5 Å². The third-order valence-corrected chi connectivity index (χ3v) is 3.25. The van der Waals surface area contributed by atoms with Gasteiger partial charge in [-0.2, -0.15) is 4.98 Å². The predicted molar refractivity (Wildman–Crippen MR) is 71.4 cm³/mol. The Labute approximate surface area is 120 Å². The summed E-state index contributed by atoms with van der Waals surface area (Å²) in [6.45, 7) is 1.37. The summed E-state index contributed by atoms with van der Waals surface area (Å²) in [5.74, 6) is -0.578. The van der Waals surface area contributed by atoms with Crippen LogP contribution in [-0.2, 0) is 0 Å². The zero-order chi connectivity index (χ0) is 14.7. The Morgan fingerprint density at radius 3 is 2.81 bits per heavy atom. The molecule has 8 heteroatoms. The number of hydrogen-bond donors (Lipinski definition) is 1. The Kier molecular flexibility index (Phi) is 3.67. The van der Waals surface area contributed by atoms with E-state index in [0.717, 1.165) is 19.1 Å². The number of rotatable bonds is 4. The summed E-state index contributed by atoms with van der Waals surface area (Å²) in [5, 5.41) is 8.83. The van der Waals surface area contributed by atoms with Gasteiger partial charge in [0.2, 0.25) is 5.88 Å². The fourth-order valence-electron chi connectivity index (χ4n) is 2.19. The van der Waals surface area contributed by atoms with E-state index in [1.54, 1.807) is 18.6 Å². The summed E-state index contributed by atoms with van der Waals surface area (Å²) in [6, 6.07) is 0.338. The van der Waals surface area contributed by atoms with Crippen molar-refractivity contribution in [3.63, 3.8) is 0 Å². The number of piperidine rings is 1. The molecule has 1 saturated heterocycles. The fraction of sp³-hybridized carbons (Fsp3) is 0.385. The lowest BCUT2D eigenvalue weighted by Gasteiger charge is -2.30. The maximum Gasteiger partial charge on any atom is 0.357 e. The Bertz CT molecular complexity index is 608. The van der Waals surface area contributed by atoms with E-state index in [9.17, 15) is 4.79 Å². The van der Waals surface area contributed by atoms with E-state index in [1.807, 2.05) is 4.90 Å². The van der Waals surface area contributed by atoms with Crippen molar-refractivity contribution in [1.82, 2.24) is 15.0 Å². The minimum absolute atomic E-state index is 0.0619. The number of anilines is 1. The summed E-state index contributed by atoms with van der Waals surface area (Å²) in [4.78, 5) is 24.7. The molecule has 1 N–H and O–H groups in total. The number of carboxylic acid groups (broad SMARTS) is 1. The molecule has 21 heavy (non-hydrogen) atoms. The number of aromatic carboxylic acids is 1. The Hall–Kier alpha value is -2.64. The second-order valence-corrected chi connectivity index (χ2v) is 4.67. The molecule has 2 aromatic rings. The topological polar surface area (TPSA) is 102 Å². The molecule has 110 valence electrons. The largest absolute Gasteiger partial charge is 0.476 e. The first-order chi connectivity index (χ1) is 10.2. The quantitative estimate of drug-likeness (QED) is 0.896. The van der Waals surface area contributed by atoms with Crippen LogP contribution >= 0.6 is 0 Å². The molecular formula is C13H14N4O4. The highest BCUT2D eigenvalue weighted by atomic mass is 16.5. The summed E-state index contributed by atoms with van der Waals surface area (Å²) in [5.41, 5.74) is -0.0806. The molecular weight excluding hydrogens is 276 g/mol. The van der Waals surface area contributed by atoms with Gasteiger partial charge in [0, 0.05) is 38.3 Å². The van der Waals surface area contributed by atoms with Crippen LogP contribution in [0.1, 0.15) is 23.3 Å². The van der Waals surface area contributed by atoms with Crippen LogP contribution in [0.3, 0.4) is 0 Å². The maximum atomic E-state index is 10.8. The van der Waals surface area contributed by atoms with Gasteiger partial charge in [-0.05, 0) is 0 Å². The maximum absolute atomic E-state index is 10.8. The molecule has 0 unspecified atom stereocenters. The number of carbonyl (C=O) groups is 1. The molecule has 0 atom stereocenters. The molecule has 0 radical (unpaired) electrons. The smallest absolute Gasteiger partial charge is 0.357 e. The van der Waals surface area contributed by atoms with Gasteiger partial charge < -0.3 is 19.2 Å². The van der Waals surface area contributed by atoms with Gasteiger partial charge in [-0.1, -0.05) is 0 Å². The zero-order valence-corrected chi connectivity index (χ0v) is 11.2. The lowest BCUT2D eigenvalue weighted by molar-refractivity contribution is 0.0690. The van der Waals surface area contributed by atoms with Crippen LogP contribution in [0.4, 0.5) is 6.01 Å². The number of nitrogens with zero attached hydrogens (tertiary/aromatic N) is 4. The van der Waals surface area contributed by atoms with Crippen molar-refractivity contribution < 1.29 is 19.1 Å². The predicted octanol–water partition coefficient (Wildman–Crippen LogP) is 1.21. The second-order valence-electron chi connectivity index (χ2n) is 4.67. The molecule has 1 aliphatic heterocycles. The summed E-state index contributed by atoms with van der Waals surface area (Å²) < 4.78 is 10.9. The Morgan fingerprint density at radius 2 is 2.19 bits per heavy atom. The number of hydrogen-bond acceptors (Lipinski definition) is 7. The van der Waals surface area contributed by atoms with E-state index >= 15 is 0 Å². The zero-order valence-electron chi connectivity index (χ0n) is 11.2. The van der Waals surface area contributed by atoms with Gasteiger partial charge in [0.1, 0.15) is 12.4 Å². The molecule has 3 rings (SSSR count). The van der Waals surface area contributed by atoms with Crippen LogP contribution in [0.25, 0.3) is 0 Å². The van der Waals surface area contributed by atoms with Crippen molar-refractivity contribution in [1.29, 1.82) is 0 Å². The van der Waals surface area contributed by atoms with Crippen molar-refractivity contribution >= 4 is 12.0 Å². The second kappa shape index (κ2) is 5.78. The molecule has 8 nitrogen and oxygen atoms in total. The molecule has 0 aliphatic carbocycles. The summed E-state index contributed by atoms with van der Waals surface area (Å²) in [7, 11) is 0. The minimum Gasteiger partial charge on any atom is -0.476 e. The van der Waals surface area contributed by atoms with Gasteiger partial charge in [-0.3, -0.25) is 4.98 Å². The first-order valence-electron chi connectivity index (χ1n) is 6.59. The van der Waals surface area contributed by atoms with Crippen molar-refractivity contribution in [2.75, 3.05) is 18.0 Å². The van der Waals surface area contributed by atoms with Crippen molar-refractivity contribution in [2.45, 2.75) is 18.9 Å². The summed E-state index contributed by atoms with van der Waals surface area (Å²) in [6.07, 6.45) is 7.54. The monoisotopic (exact) mass is 290 g/mol. The third-order valence-electron chi connectivity index (χ3n) is 3.25. The Morgan fingerprint density at radius 1 is 1.38 bits per heavy atom. The lowest BCUT2D eigenvalue weighted by Crippen LogP contribution is -2.38. The fourth-order valence-corrected chi connectivity index (χ4v) is 2.19. The van der Waals surface area contributed by atoms with Gasteiger partial charge in [0.05, 0.1) is 6.20 Å². The lowest BCUT2D eigenvalue weighted by atomic mass is 10.1. The first-order valence-corrected chi connectivity index (χ1v) is 6.59. The van der Waals surface area contributed by atoms with Gasteiger partial charge in [-0.25, -0.2) is 9.78 Å². The molecule has 0 amide bonds. The molecule has 1 aliphatic rings. The number of oxazole rings is 1. The molecule has 2 aromatic heterocycles. The molecule has 3 heterocycles. The highest BCUT2D eigenvalue weighted by molar-refractivity contribution is 5.85. The van der Waals surface area contributed by atoms with E-state index in [4.69, 9.17) is 14.3 Å². The van der Waals surface area contributed by atoms with Gasteiger partial charge in [-0.15, -0.1) is 0 Å². The van der Waals surface area contributed by atoms with Crippen molar-refractivity contribution in [3.8, 4) is 5.88 Å². The number of ether oxygens (including phenoxy) is 1. The standard InChI is InChI=1S/C13H14N4O4/c18-12(19)10-8-20-13(16-10)17-5-1-9(2-6-17)21-11-7-14-3-4-15-11/h3-4,7-9H,1-2,5-6H2,(H,18,19). The van der Waals surface area contributed by atoms with Crippen LogP contribution in [0.2, 0.25) is 0 Å². The van der Waals surface area contributed by atoms with Crippen molar-refractivity contribution in [2.24, 2.45) is 0 Å². The molecule has 0 bridgehead atoms. The molecule has 0 saturated carbocycles. The van der Waals surface area contributed by atoms with Gasteiger partial charge >= 0.3 is 5.97 Å². The number of aromatic nitrogens is 3. The van der Waals surface area contributed by atoms with E-state index in [1.165, 1.54) is 0 Å². The Balaban J connectivity index is 1.56. The van der Waals surface area contributed by atoms with E-state index < -0.39 is 5.97 Å². The number of carboxylic acids is 1. The van der Waals surface area contributed by atoms with Crippen LogP contribution in [0.15, 0.2) is 29.3 Å². The van der Waals surface area contributed by atoms with E-state index in [-0.39, 0.29) is 11.8 Å². The molecule has 0 spiro atoms. The average Bonchev–Trinajstić information content (AvgIpc) is 2.99. The van der Waals surface area contributed by atoms with E-state index in [2.05, 4.69) is 15.0 Å². The normalized spacial score (nSPS) is 15.9. The molecule has 0 aromatic carbocycles. The highest BCUT2D eigenvalue weighted by Crippen LogP contribution is 2.21. The SMILES string of the molecule is O=C(O)c1coc(N2CCC(Oc3cnccn3)CC2)n1. The average molecular weight is 290 g/mol. The van der Waals surface area contributed by atoms with Crippen LogP contribution in [0.5, 0.6) is 5.88 Å². The van der Waals surface area contributed by atoms with Gasteiger partial charge in [0.15, 0.2) is 5.69 Å². The van der Waals surface area contributed by atoms with E-state index in [0.29, 0.717) is 25.0 Å². The van der Waals surface area contributed by atoms with Crippen LogP contribution in [-0.4, -0.2) is 45.2 Å². The molecule has 1 fully saturated rings. The first kappa shape index (κ1) is 13.3. The summed E-state index contributed by atoms with van der Waals surface area (Å²) >= 11 is 0.